The monoisotopic (exact) mass is 302 g/mol. The van der Waals surface area contributed by atoms with Gasteiger partial charge in [-0.15, -0.1) is 0 Å². The quantitative estimate of drug-likeness (QED) is 0.914. The van der Waals surface area contributed by atoms with Gasteiger partial charge in [0.05, 0.1) is 0 Å². The summed E-state index contributed by atoms with van der Waals surface area (Å²) < 4.78 is 0. The van der Waals surface area contributed by atoms with Crippen molar-refractivity contribution >= 4 is 5.91 Å². The van der Waals surface area contributed by atoms with Crippen LogP contribution in [0.15, 0.2) is 24.5 Å². The van der Waals surface area contributed by atoms with Gasteiger partial charge in [0.25, 0.3) is 0 Å². The fourth-order valence-electron chi connectivity index (χ4n) is 3.63. The molecule has 2 saturated heterocycles. The number of nitrogens with one attached hydrogen (secondary N) is 1. The molecule has 22 heavy (non-hydrogen) atoms. The van der Waals surface area contributed by atoms with Gasteiger partial charge in [-0.1, -0.05) is 6.92 Å². The van der Waals surface area contributed by atoms with E-state index in [2.05, 4.69) is 22.1 Å². The Morgan fingerprint density at radius 1 is 1.32 bits per heavy atom. The second-order valence-electron chi connectivity index (χ2n) is 6.22. The third-order valence-corrected chi connectivity index (χ3v) is 4.87. The predicted octanol–water partition coefficient (Wildman–Crippen LogP) is 1.43. The number of likely N-dealkylation sites (tertiary alicyclic amines) is 1. The van der Waals surface area contributed by atoms with Gasteiger partial charge in [0.1, 0.15) is 6.04 Å². The Balaban J connectivity index is 1.89. The molecule has 120 valence electrons. The highest BCUT2D eigenvalue weighted by atomic mass is 16.2. The highest BCUT2D eigenvalue weighted by molar-refractivity contribution is 5.83. The van der Waals surface area contributed by atoms with E-state index in [0.29, 0.717) is 6.04 Å². The SMILES string of the molecule is CCC1CNCCN1C(C(=O)N1CCCC1)c1ccncc1. The molecule has 0 aliphatic carbocycles. The number of hydrogen-bond donors (Lipinski definition) is 1. The Kier molecular flexibility index (Phi) is 5.05. The summed E-state index contributed by atoms with van der Waals surface area (Å²) in [5.41, 5.74) is 1.08. The number of amides is 1. The first kappa shape index (κ1) is 15.4. The fourth-order valence-corrected chi connectivity index (χ4v) is 3.63. The van der Waals surface area contributed by atoms with E-state index in [0.717, 1.165) is 57.5 Å². The van der Waals surface area contributed by atoms with Crippen molar-refractivity contribution in [2.45, 2.75) is 38.3 Å². The summed E-state index contributed by atoms with van der Waals surface area (Å²) >= 11 is 0. The first-order valence-corrected chi connectivity index (χ1v) is 8.46. The Hall–Kier alpha value is -1.46. The fraction of sp³-hybridized carbons (Fsp3) is 0.647. The summed E-state index contributed by atoms with van der Waals surface area (Å²) in [6, 6.07) is 4.24. The lowest BCUT2D eigenvalue weighted by atomic mass is 10.00. The molecular weight excluding hydrogens is 276 g/mol. The molecule has 3 rings (SSSR count). The summed E-state index contributed by atoms with van der Waals surface area (Å²) in [6.07, 6.45) is 6.91. The number of nitrogens with zero attached hydrogens (tertiary/aromatic N) is 3. The molecule has 0 spiro atoms. The number of rotatable bonds is 4. The van der Waals surface area contributed by atoms with Crippen LogP contribution >= 0.6 is 0 Å². The molecule has 5 nitrogen and oxygen atoms in total. The van der Waals surface area contributed by atoms with Gasteiger partial charge in [-0.25, -0.2) is 0 Å². The third kappa shape index (κ3) is 3.15. The van der Waals surface area contributed by atoms with Crippen molar-refractivity contribution in [3.8, 4) is 0 Å². The first-order valence-electron chi connectivity index (χ1n) is 8.46. The number of carbonyl (C=O) groups excluding carboxylic acids is 1. The minimum Gasteiger partial charge on any atom is -0.341 e. The van der Waals surface area contributed by atoms with Crippen molar-refractivity contribution in [1.82, 2.24) is 20.1 Å². The summed E-state index contributed by atoms with van der Waals surface area (Å²) in [7, 11) is 0. The van der Waals surface area contributed by atoms with Crippen LogP contribution in [0.25, 0.3) is 0 Å². The Bertz CT molecular complexity index is 487. The lowest BCUT2D eigenvalue weighted by Crippen LogP contribution is -2.55. The van der Waals surface area contributed by atoms with Crippen LogP contribution in [0.4, 0.5) is 0 Å². The van der Waals surface area contributed by atoms with Crippen molar-refractivity contribution in [2.24, 2.45) is 0 Å². The van der Waals surface area contributed by atoms with Crippen LogP contribution in [0, 0.1) is 0 Å². The largest absolute Gasteiger partial charge is 0.341 e. The van der Waals surface area contributed by atoms with Gasteiger partial charge in [0.2, 0.25) is 5.91 Å². The minimum atomic E-state index is -0.159. The van der Waals surface area contributed by atoms with E-state index >= 15 is 0 Å². The maximum atomic E-state index is 13.2. The lowest BCUT2D eigenvalue weighted by molar-refractivity contribution is -0.137. The summed E-state index contributed by atoms with van der Waals surface area (Å²) in [6.45, 7) is 6.85. The lowest BCUT2D eigenvalue weighted by Gasteiger charge is -2.41. The predicted molar refractivity (Wildman–Crippen MR) is 86.4 cm³/mol. The number of aromatic nitrogens is 1. The molecule has 0 bridgehead atoms. The van der Waals surface area contributed by atoms with Crippen molar-refractivity contribution in [3.05, 3.63) is 30.1 Å². The molecule has 2 aliphatic rings. The molecule has 0 aromatic carbocycles. The average Bonchev–Trinajstić information content (AvgIpc) is 3.11. The van der Waals surface area contributed by atoms with Gasteiger partial charge >= 0.3 is 0 Å². The van der Waals surface area contributed by atoms with Gasteiger partial charge in [0, 0.05) is 51.2 Å². The van der Waals surface area contributed by atoms with E-state index in [1.165, 1.54) is 0 Å². The van der Waals surface area contributed by atoms with E-state index in [4.69, 9.17) is 0 Å². The molecule has 5 heteroatoms. The molecule has 0 radical (unpaired) electrons. The van der Waals surface area contributed by atoms with E-state index in [1.807, 2.05) is 17.0 Å². The molecule has 1 N–H and O–H groups in total. The third-order valence-electron chi connectivity index (χ3n) is 4.87. The van der Waals surface area contributed by atoms with Crippen LogP contribution in [0.3, 0.4) is 0 Å². The van der Waals surface area contributed by atoms with Crippen molar-refractivity contribution in [1.29, 1.82) is 0 Å². The van der Waals surface area contributed by atoms with Crippen LogP contribution < -0.4 is 5.32 Å². The molecule has 2 atom stereocenters. The second kappa shape index (κ2) is 7.20. The van der Waals surface area contributed by atoms with Crippen LogP contribution in [0.5, 0.6) is 0 Å². The zero-order valence-corrected chi connectivity index (χ0v) is 13.4. The summed E-state index contributed by atoms with van der Waals surface area (Å²) in [4.78, 5) is 21.7. The number of carbonyl (C=O) groups is 1. The molecule has 1 aromatic rings. The van der Waals surface area contributed by atoms with Crippen molar-refractivity contribution in [2.75, 3.05) is 32.7 Å². The van der Waals surface area contributed by atoms with Crippen LogP contribution in [0.2, 0.25) is 0 Å². The molecule has 3 heterocycles. The van der Waals surface area contributed by atoms with Crippen molar-refractivity contribution < 1.29 is 4.79 Å². The van der Waals surface area contributed by atoms with Crippen LogP contribution in [-0.2, 0) is 4.79 Å². The van der Waals surface area contributed by atoms with Gasteiger partial charge in [-0.05, 0) is 37.0 Å². The minimum absolute atomic E-state index is 0.159. The van der Waals surface area contributed by atoms with E-state index in [9.17, 15) is 4.79 Å². The smallest absolute Gasteiger partial charge is 0.244 e. The Morgan fingerprint density at radius 2 is 2.05 bits per heavy atom. The van der Waals surface area contributed by atoms with Crippen molar-refractivity contribution in [3.63, 3.8) is 0 Å². The Morgan fingerprint density at radius 3 is 2.73 bits per heavy atom. The molecule has 1 aromatic heterocycles. The molecular formula is C17H26N4O. The number of piperazine rings is 1. The summed E-state index contributed by atoms with van der Waals surface area (Å²) in [5, 5.41) is 3.45. The number of pyridine rings is 1. The van der Waals surface area contributed by atoms with Gasteiger partial charge < -0.3 is 10.2 Å². The van der Waals surface area contributed by atoms with E-state index < -0.39 is 0 Å². The maximum absolute atomic E-state index is 13.2. The normalized spacial score (nSPS) is 24.4. The van der Waals surface area contributed by atoms with E-state index in [-0.39, 0.29) is 11.9 Å². The van der Waals surface area contributed by atoms with Gasteiger partial charge in [-0.3, -0.25) is 14.7 Å². The molecule has 2 unspecified atom stereocenters. The summed E-state index contributed by atoms with van der Waals surface area (Å²) in [5.74, 6) is 0.268. The topological polar surface area (TPSA) is 48.5 Å². The van der Waals surface area contributed by atoms with Crippen LogP contribution in [0.1, 0.15) is 37.8 Å². The molecule has 2 aliphatic heterocycles. The molecule has 2 fully saturated rings. The second-order valence-corrected chi connectivity index (χ2v) is 6.22. The molecule has 1 amide bonds. The van der Waals surface area contributed by atoms with E-state index in [1.54, 1.807) is 12.4 Å². The molecule has 0 saturated carbocycles. The highest BCUT2D eigenvalue weighted by Crippen LogP contribution is 2.28. The van der Waals surface area contributed by atoms with Gasteiger partial charge in [0.15, 0.2) is 0 Å². The zero-order chi connectivity index (χ0) is 15.4. The van der Waals surface area contributed by atoms with Crippen LogP contribution in [-0.4, -0.2) is 59.5 Å². The standard InChI is InChI=1S/C17H26N4O/c1-2-15-13-19-9-12-21(15)16(14-5-7-18-8-6-14)17(22)20-10-3-4-11-20/h5-8,15-16,19H,2-4,9-13H2,1H3. The first-order chi connectivity index (χ1) is 10.8. The number of hydrogen-bond acceptors (Lipinski definition) is 4. The average molecular weight is 302 g/mol. The van der Waals surface area contributed by atoms with Gasteiger partial charge in [-0.2, -0.15) is 0 Å². The Labute approximate surface area is 132 Å². The zero-order valence-electron chi connectivity index (χ0n) is 13.4. The highest BCUT2D eigenvalue weighted by Gasteiger charge is 2.36. The maximum Gasteiger partial charge on any atom is 0.244 e.